The molecular weight excluding hydrogens is 273 g/mol. The van der Waals surface area contributed by atoms with E-state index >= 15 is 0 Å². The summed E-state index contributed by atoms with van der Waals surface area (Å²) in [5, 5.41) is 3.64. The van der Waals surface area contributed by atoms with Crippen molar-refractivity contribution in [2.75, 3.05) is 19.1 Å². The van der Waals surface area contributed by atoms with Gasteiger partial charge in [-0.2, -0.15) is 0 Å². The van der Waals surface area contributed by atoms with E-state index in [-0.39, 0.29) is 11.4 Å². The van der Waals surface area contributed by atoms with Gasteiger partial charge >= 0.3 is 0 Å². The zero-order valence-electron chi connectivity index (χ0n) is 9.92. The zero-order chi connectivity index (χ0) is 13.0. The van der Waals surface area contributed by atoms with Crippen molar-refractivity contribution < 1.29 is 9.53 Å². The molecule has 0 bridgehead atoms. The number of halogens is 2. The Kier molecular flexibility index (Phi) is 4.49. The highest BCUT2D eigenvalue weighted by Crippen LogP contribution is 2.23. The minimum atomic E-state index is -0.351. The van der Waals surface area contributed by atoms with Crippen LogP contribution in [0.25, 0.3) is 0 Å². The Bertz CT molecular complexity index is 414. The lowest BCUT2D eigenvalue weighted by Gasteiger charge is -2.36. The number of amides is 1. The van der Waals surface area contributed by atoms with Crippen molar-refractivity contribution in [2.45, 2.75) is 18.4 Å². The number of rotatable bonds is 3. The number of hydrogen-bond acceptors (Lipinski definition) is 2. The quantitative estimate of drug-likeness (QED) is 0.869. The highest BCUT2D eigenvalue weighted by atomic mass is 35.5. The predicted molar refractivity (Wildman–Crippen MR) is 72.4 cm³/mol. The molecule has 0 atom stereocenters. The first-order valence-electron chi connectivity index (χ1n) is 5.87. The van der Waals surface area contributed by atoms with E-state index in [1.807, 2.05) is 0 Å². The largest absolute Gasteiger partial charge is 0.381 e. The fraction of sp³-hybridized carbons (Fsp3) is 0.462. The van der Waals surface area contributed by atoms with Gasteiger partial charge in [0, 0.05) is 29.7 Å². The number of nitrogens with one attached hydrogen (secondary N) is 1. The fourth-order valence-electron chi connectivity index (χ4n) is 1.97. The maximum Gasteiger partial charge on any atom is 0.251 e. The molecule has 5 heteroatoms. The summed E-state index contributed by atoms with van der Waals surface area (Å²) in [6.45, 7) is 1.27. The van der Waals surface area contributed by atoms with Crippen molar-refractivity contribution in [3.63, 3.8) is 0 Å². The number of ether oxygens (including phenoxy) is 1. The molecule has 1 fully saturated rings. The third-order valence-electron chi connectivity index (χ3n) is 3.19. The van der Waals surface area contributed by atoms with Crippen LogP contribution in [0.1, 0.15) is 23.2 Å². The Balaban J connectivity index is 2.07. The minimum Gasteiger partial charge on any atom is -0.381 e. The number of carbonyl (C=O) groups is 1. The van der Waals surface area contributed by atoms with Crippen molar-refractivity contribution in [1.29, 1.82) is 0 Å². The second kappa shape index (κ2) is 5.91. The van der Waals surface area contributed by atoms with Gasteiger partial charge in [0.1, 0.15) is 0 Å². The van der Waals surface area contributed by atoms with E-state index in [9.17, 15) is 4.79 Å². The number of hydrogen-bond donors (Lipinski definition) is 1. The zero-order valence-corrected chi connectivity index (χ0v) is 11.4. The molecule has 0 unspecified atom stereocenters. The predicted octanol–water partition coefficient (Wildman–Crippen LogP) is 2.86. The molecule has 1 saturated heterocycles. The third-order valence-corrected chi connectivity index (χ3v) is 3.95. The average Bonchev–Trinajstić information content (AvgIpc) is 2.40. The van der Waals surface area contributed by atoms with E-state index < -0.39 is 0 Å². The van der Waals surface area contributed by atoms with Gasteiger partial charge in [0.25, 0.3) is 5.91 Å². The normalized spacial score (nSPS) is 18.3. The minimum absolute atomic E-state index is 0.116. The lowest BCUT2D eigenvalue weighted by molar-refractivity contribution is 0.0434. The summed E-state index contributed by atoms with van der Waals surface area (Å²) in [6.07, 6.45) is 1.49. The monoisotopic (exact) mass is 287 g/mol. The second-order valence-corrected chi connectivity index (χ2v) is 5.19. The Labute approximate surface area is 116 Å². The molecule has 0 spiro atoms. The molecule has 1 aliphatic heterocycles. The molecule has 98 valence electrons. The third kappa shape index (κ3) is 3.16. The van der Waals surface area contributed by atoms with Crippen LogP contribution in [0.3, 0.4) is 0 Å². The van der Waals surface area contributed by atoms with Crippen LogP contribution in [0.4, 0.5) is 0 Å². The summed E-state index contributed by atoms with van der Waals surface area (Å²) in [5.74, 6) is 0.282. The van der Waals surface area contributed by atoms with E-state index in [0.29, 0.717) is 29.7 Å². The first-order chi connectivity index (χ1) is 8.65. The van der Waals surface area contributed by atoms with E-state index in [0.717, 1.165) is 12.8 Å². The Morgan fingerprint density at radius 2 is 1.89 bits per heavy atom. The average molecular weight is 288 g/mol. The van der Waals surface area contributed by atoms with Gasteiger partial charge in [-0.3, -0.25) is 4.79 Å². The Morgan fingerprint density at radius 3 is 2.44 bits per heavy atom. The van der Waals surface area contributed by atoms with Gasteiger partial charge in [-0.1, -0.05) is 11.6 Å². The summed E-state index contributed by atoms with van der Waals surface area (Å²) in [6, 6.07) is 6.82. The summed E-state index contributed by atoms with van der Waals surface area (Å²) >= 11 is 11.8. The molecule has 1 aliphatic rings. The van der Waals surface area contributed by atoms with Crippen LogP contribution in [-0.4, -0.2) is 30.5 Å². The van der Waals surface area contributed by atoms with Crippen molar-refractivity contribution in [2.24, 2.45) is 0 Å². The number of benzene rings is 1. The smallest absolute Gasteiger partial charge is 0.251 e. The number of carbonyl (C=O) groups excluding carboxylic acids is 1. The second-order valence-electron chi connectivity index (χ2n) is 4.49. The molecule has 0 radical (unpaired) electrons. The van der Waals surface area contributed by atoms with Gasteiger partial charge in [-0.15, -0.1) is 11.6 Å². The van der Waals surface area contributed by atoms with Gasteiger partial charge in [-0.25, -0.2) is 0 Å². The van der Waals surface area contributed by atoms with Crippen LogP contribution < -0.4 is 5.32 Å². The number of alkyl halides is 1. The van der Waals surface area contributed by atoms with Gasteiger partial charge in [-0.05, 0) is 37.1 Å². The fourth-order valence-corrected chi connectivity index (χ4v) is 2.43. The molecule has 1 heterocycles. The summed E-state index contributed by atoms with van der Waals surface area (Å²) in [5.41, 5.74) is 0.242. The molecule has 2 rings (SSSR count). The first kappa shape index (κ1) is 13.7. The van der Waals surface area contributed by atoms with Crippen LogP contribution >= 0.6 is 23.2 Å². The molecule has 1 aromatic carbocycles. The summed E-state index contributed by atoms with van der Waals surface area (Å²) in [4.78, 5) is 12.1. The Morgan fingerprint density at radius 1 is 1.28 bits per heavy atom. The molecule has 1 aromatic rings. The molecular formula is C13H15Cl2NO2. The standard InChI is InChI=1S/C13H15Cl2NO2/c14-9-13(5-7-18-8-6-13)16-12(17)10-1-3-11(15)4-2-10/h1-4H,5-9H2,(H,16,17). The topological polar surface area (TPSA) is 38.3 Å². The van der Waals surface area contributed by atoms with Gasteiger partial charge in [0.05, 0.1) is 5.54 Å². The van der Waals surface area contributed by atoms with Gasteiger partial charge in [0.15, 0.2) is 0 Å². The first-order valence-corrected chi connectivity index (χ1v) is 6.78. The van der Waals surface area contributed by atoms with E-state index in [1.165, 1.54) is 0 Å². The maximum atomic E-state index is 12.1. The Hall–Kier alpha value is -0.770. The highest BCUT2D eigenvalue weighted by molar-refractivity contribution is 6.30. The van der Waals surface area contributed by atoms with Crippen molar-refractivity contribution in [3.8, 4) is 0 Å². The lowest BCUT2D eigenvalue weighted by Crippen LogP contribution is -2.53. The van der Waals surface area contributed by atoms with Crippen LogP contribution in [0.5, 0.6) is 0 Å². The lowest BCUT2D eigenvalue weighted by atomic mass is 9.92. The molecule has 3 nitrogen and oxygen atoms in total. The maximum absolute atomic E-state index is 12.1. The van der Waals surface area contributed by atoms with Crippen LogP contribution in [0.15, 0.2) is 24.3 Å². The van der Waals surface area contributed by atoms with Crippen LogP contribution in [-0.2, 0) is 4.74 Å². The molecule has 0 aromatic heterocycles. The summed E-state index contributed by atoms with van der Waals surface area (Å²) < 4.78 is 5.30. The molecule has 0 aliphatic carbocycles. The van der Waals surface area contributed by atoms with Gasteiger partial charge < -0.3 is 10.1 Å². The van der Waals surface area contributed by atoms with Gasteiger partial charge in [0.2, 0.25) is 0 Å². The van der Waals surface area contributed by atoms with Crippen LogP contribution in [0, 0.1) is 0 Å². The van der Waals surface area contributed by atoms with Crippen molar-refractivity contribution >= 4 is 29.1 Å². The molecule has 1 amide bonds. The highest BCUT2D eigenvalue weighted by Gasteiger charge is 2.33. The van der Waals surface area contributed by atoms with Crippen LogP contribution in [0.2, 0.25) is 5.02 Å². The molecule has 1 N–H and O–H groups in total. The van der Waals surface area contributed by atoms with E-state index in [2.05, 4.69) is 5.32 Å². The summed E-state index contributed by atoms with van der Waals surface area (Å²) in [7, 11) is 0. The molecule has 18 heavy (non-hydrogen) atoms. The van der Waals surface area contributed by atoms with Crippen molar-refractivity contribution in [3.05, 3.63) is 34.9 Å². The van der Waals surface area contributed by atoms with E-state index in [4.69, 9.17) is 27.9 Å². The van der Waals surface area contributed by atoms with E-state index in [1.54, 1.807) is 24.3 Å². The molecule has 0 saturated carbocycles. The SMILES string of the molecule is O=C(NC1(CCl)CCOCC1)c1ccc(Cl)cc1. The van der Waals surface area contributed by atoms with Crippen molar-refractivity contribution in [1.82, 2.24) is 5.32 Å².